The zero-order chi connectivity index (χ0) is 26.2. The summed E-state index contributed by atoms with van der Waals surface area (Å²) in [6.07, 6.45) is 3.57. The average Bonchev–Trinajstić information content (AvgIpc) is 3.42. The topological polar surface area (TPSA) is 66.9 Å². The van der Waals surface area contributed by atoms with Crippen LogP contribution in [-0.4, -0.2) is 61.9 Å². The highest BCUT2D eigenvalue weighted by Crippen LogP contribution is 2.31. The van der Waals surface area contributed by atoms with Crippen molar-refractivity contribution in [2.45, 2.75) is 32.6 Å². The maximum absolute atomic E-state index is 11.9. The second-order valence-electron chi connectivity index (χ2n) is 9.67. The fourth-order valence-electron chi connectivity index (χ4n) is 4.82. The fraction of sp³-hybridized carbons (Fsp3) is 0.400. The van der Waals surface area contributed by atoms with Crippen LogP contribution in [0, 0.1) is 0 Å². The second-order valence-corrected chi connectivity index (χ2v) is 10.6. The molecule has 8 heteroatoms. The number of hydrogen-bond donors (Lipinski definition) is 1. The molecule has 1 amide bonds. The zero-order valence-corrected chi connectivity index (χ0v) is 22.8. The van der Waals surface area contributed by atoms with Crippen molar-refractivity contribution in [2.75, 3.05) is 50.8 Å². The highest BCUT2D eigenvalue weighted by atomic mass is 32.1. The van der Waals surface area contributed by atoms with Gasteiger partial charge in [-0.3, -0.25) is 4.90 Å². The number of amides is 1. The summed E-state index contributed by atoms with van der Waals surface area (Å²) < 4.78 is 12.7. The normalized spacial score (nSPS) is 14.2. The van der Waals surface area contributed by atoms with Gasteiger partial charge < -0.3 is 19.7 Å². The molecule has 200 valence electrons. The number of rotatable bonds is 11. The van der Waals surface area contributed by atoms with E-state index in [4.69, 9.17) is 9.47 Å². The predicted molar refractivity (Wildman–Crippen MR) is 156 cm³/mol. The van der Waals surface area contributed by atoms with Gasteiger partial charge in [0.05, 0.1) is 12.1 Å². The van der Waals surface area contributed by atoms with Gasteiger partial charge in [0.1, 0.15) is 5.75 Å². The SMILES string of the molecule is CCCCNC(=O)Oc1ccc2ccc(OCCCCN3CCN(c4cccc5sccc45)CC3)cc2n1. The van der Waals surface area contributed by atoms with Gasteiger partial charge in [0.25, 0.3) is 0 Å². The molecule has 38 heavy (non-hydrogen) atoms. The maximum atomic E-state index is 11.9. The highest BCUT2D eigenvalue weighted by molar-refractivity contribution is 7.17. The van der Waals surface area contributed by atoms with Gasteiger partial charge in [-0.2, -0.15) is 0 Å². The molecule has 3 heterocycles. The first kappa shape index (κ1) is 26.3. The Morgan fingerprint density at radius 1 is 1.03 bits per heavy atom. The minimum absolute atomic E-state index is 0.288. The molecule has 1 aliphatic rings. The lowest BCUT2D eigenvalue weighted by atomic mass is 10.2. The molecule has 1 saturated heterocycles. The number of anilines is 1. The zero-order valence-electron chi connectivity index (χ0n) is 22.0. The minimum Gasteiger partial charge on any atom is -0.494 e. The van der Waals surface area contributed by atoms with Crippen LogP contribution in [0.1, 0.15) is 32.6 Å². The number of piperazine rings is 1. The number of ether oxygens (including phenoxy) is 2. The van der Waals surface area contributed by atoms with Crippen LogP contribution in [0.5, 0.6) is 11.6 Å². The Balaban J connectivity index is 1.03. The van der Waals surface area contributed by atoms with Gasteiger partial charge in [-0.25, -0.2) is 9.78 Å². The van der Waals surface area contributed by atoms with Crippen LogP contribution in [-0.2, 0) is 0 Å². The average molecular weight is 533 g/mol. The van der Waals surface area contributed by atoms with Gasteiger partial charge in [-0.15, -0.1) is 11.3 Å². The van der Waals surface area contributed by atoms with E-state index < -0.39 is 6.09 Å². The Morgan fingerprint density at radius 3 is 2.76 bits per heavy atom. The Bertz CT molecular complexity index is 1350. The molecule has 1 N–H and O–H groups in total. The van der Waals surface area contributed by atoms with E-state index in [9.17, 15) is 4.79 Å². The molecule has 2 aromatic heterocycles. The number of thiophene rings is 1. The lowest BCUT2D eigenvalue weighted by Gasteiger charge is -2.36. The molecule has 0 aliphatic carbocycles. The monoisotopic (exact) mass is 532 g/mol. The summed E-state index contributed by atoms with van der Waals surface area (Å²) in [7, 11) is 0. The van der Waals surface area contributed by atoms with Gasteiger partial charge in [-0.05, 0) is 67.6 Å². The summed E-state index contributed by atoms with van der Waals surface area (Å²) in [6, 6.07) is 18.4. The van der Waals surface area contributed by atoms with Gasteiger partial charge in [-0.1, -0.05) is 19.4 Å². The van der Waals surface area contributed by atoms with Crippen molar-refractivity contribution in [3.8, 4) is 11.6 Å². The smallest absolute Gasteiger partial charge is 0.413 e. The number of fused-ring (bicyclic) bond motifs is 2. The fourth-order valence-corrected chi connectivity index (χ4v) is 5.62. The summed E-state index contributed by atoms with van der Waals surface area (Å²) in [5.41, 5.74) is 2.12. The maximum Gasteiger partial charge on any atom is 0.413 e. The van der Waals surface area contributed by atoms with Crippen LogP contribution >= 0.6 is 11.3 Å². The second kappa shape index (κ2) is 12.9. The molecule has 0 saturated carbocycles. The molecule has 0 spiro atoms. The van der Waals surface area contributed by atoms with Crippen molar-refractivity contribution in [3.05, 3.63) is 60.0 Å². The molecule has 0 atom stereocenters. The van der Waals surface area contributed by atoms with Gasteiger partial charge >= 0.3 is 6.09 Å². The van der Waals surface area contributed by atoms with Crippen molar-refractivity contribution in [2.24, 2.45) is 0 Å². The first-order chi connectivity index (χ1) is 18.7. The van der Waals surface area contributed by atoms with Gasteiger partial charge in [0.2, 0.25) is 5.88 Å². The Labute approximate surface area is 228 Å². The number of unbranched alkanes of at least 4 members (excludes halogenated alkanes) is 2. The molecule has 0 unspecified atom stereocenters. The van der Waals surface area contributed by atoms with Crippen LogP contribution in [0.15, 0.2) is 60.0 Å². The molecule has 2 aromatic carbocycles. The Kier molecular flexibility index (Phi) is 8.94. The summed E-state index contributed by atoms with van der Waals surface area (Å²) in [5.74, 6) is 1.07. The number of hydrogen-bond acceptors (Lipinski definition) is 7. The molecule has 1 aliphatic heterocycles. The van der Waals surface area contributed by atoms with Crippen molar-refractivity contribution in [1.29, 1.82) is 0 Å². The third-order valence-electron chi connectivity index (χ3n) is 6.96. The molecule has 0 radical (unpaired) electrons. The highest BCUT2D eigenvalue weighted by Gasteiger charge is 2.18. The third-order valence-corrected chi connectivity index (χ3v) is 7.84. The molecule has 7 nitrogen and oxygen atoms in total. The number of carbonyl (C=O) groups is 1. The lowest BCUT2D eigenvalue weighted by Crippen LogP contribution is -2.46. The first-order valence-electron chi connectivity index (χ1n) is 13.6. The number of benzene rings is 2. The van der Waals surface area contributed by atoms with Crippen LogP contribution in [0.25, 0.3) is 21.0 Å². The summed E-state index contributed by atoms with van der Waals surface area (Å²) in [4.78, 5) is 21.5. The standard InChI is InChI=1S/C30H36N4O3S/c1-2-3-14-31-30(35)37-29-12-10-23-9-11-24(22-26(23)32-29)36-20-5-4-15-33-16-18-34(19-17-33)27-7-6-8-28-25(27)13-21-38-28/h6-13,21-22H,2-5,14-20H2,1H3,(H,31,35). The van der Waals surface area contributed by atoms with E-state index in [2.05, 4.69) is 56.7 Å². The van der Waals surface area contributed by atoms with E-state index in [-0.39, 0.29) is 5.88 Å². The van der Waals surface area contributed by atoms with E-state index >= 15 is 0 Å². The summed E-state index contributed by atoms with van der Waals surface area (Å²) >= 11 is 1.81. The molecule has 5 rings (SSSR count). The molecule has 1 fully saturated rings. The van der Waals surface area contributed by atoms with E-state index in [1.807, 2.05) is 35.6 Å². The van der Waals surface area contributed by atoms with Crippen molar-refractivity contribution >= 4 is 44.1 Å². The van der Waals surface area contributed by atoms with Gasteiger partial charge in [0, 0.05) is 66.0 Å². The van der Waals surface area contributed by atoms with E-state index in [1.165, 1.54) is 15.8 Å². The summed E-state index contributed by atoms with van der Waals surface area (Å²) in [5, 5.41) is 7.28. The number of pyridine rings is 1. The first-order valence-corrected chi connectivity index (χ1v) is 14.5. The number of nitrogens with zero attached hydrogens (tertiary/aromatic N) is 3. The van der Waals surface area contributed by atoms with Crippen LogP contribution in [0.2, 0.25) is 0 Å². The molecular weight excluding hydrogens is 496 g/mol. The van der Waals surface area contributed by atoms with E-state index in [0.717, 1.165) is 75.1 Å². The molecule has 4 aromatic rings. The minimum atomic E-state index is -0.473. The molecule has 0 bridgehead atoms. The third kappa shape index (κ3) is 6.74. The Morgan fingerprint density at radius 2 is 1.89 bits per heavy atom. The summed E-state index contributed by atoms with van der Waals surface area (Å²) in [6.45, 7) is 8.78. The largest absolute Gasteiger partial charge is 0.494 e. The van der Waals surface area contributed by atoms with E-state index in [0.29, 0.717) is 13.2 Å². The van der Waals surface area contributed by atoms with Crippen LogP contribution in [0.3, 0.4) is 0 Å². The lowest BCUT2D eigenvalue weighted by molar-refractivity contribution is 0.198. The van der Waals surface area contributed by atoms with Crippen LogP contribution < -0.4 is 19.7 Å². The predicted octanol–water partition coefficient (Wildman–Crippen LogP) is 6.32. The number of carbonyl (C=O) groups excluding carboxylic acids is 1. The van der Waals surface area contributed by atoms with Crippen molar-refractivity contribution in [1.82, 2.24) is 15.2 Å². The molecular formula is C30H36N4O3S. The number of nitrogens with one attached hydrogen (secondary N) is 1. The Hall–Kier alpha value is -3.36. The quantitative estimate of drug-likeness (QED) is 0.228. The number of aromatic nitrogens is 1. The van der Waals surface area contributed by atoms with Crippen molar-refractivity contribution in [3.63, 3.8) is 0 Å². The van der Waals surface area contributed by atoms with Crippen LogP contribution in [0.4, 0.5) is 10.5 Å². The van der Waals surface area contributed by atoms with Gasteiger partial charge in [0.15, 0.2) is 0 Å². The van der Waals surface area contributed by atoms with Crippen molar-refractivity contribution < 1.29 is 14.3 Å². The van der Waals surface area contributed by atoms with E-state index in [1.54, 1.807) is 6.07 Å².